The summed E-state index contributed by atoms with van der Waals surface area (Å²) in [5.41, 5.74) is 13.1. The topological polar surface area (TPSA) is 120 Å². The van der Waals surface area contributed by atoms with Crippen LogP contribution in [0.1, 0.15) is 15.9 Å². The fraction of sp³-hybridized carbons (Fsp3) is 0.0556. The Kier molecular flexibility index (Phi) is 3.58. The first kappa shape index (κ1) is 15.7. The molecule has 0 aliphatic rings. The quantitative estimate of drug-likeness (QED) is 0.407. The Hall–Kier alpha value is -3.81. The lowest BCUT2D eigenvalue weighted by Gasteiger charge is -2.10. The van der Waals surface area contributed by atoms with Crippen molar-refractivity contribution in [3.05, 3.63) is 76.5 Å². The molecule has 0 aliphatic carbocycles. The summed E-state index contributed by atoms with van der Waals surface area (Å²) in [5, 5.41) is 0.264. The fourth-order valence-corrected chi connectivity index (χ4v) is 2.93. The molecule has 4 aromatic rings. The number of nitrogen functional groups attached to an aromatic ring is 1. The van der Waals surface area contributed by atoms with Gasteiger partial charge in [0.1, 0.15) is 10.9 Å². The summed E-state index contributed by atoms with van der Waals surface area (Å²) in [5.74, 6) is -0.553. The monoisotopic (exact) mass is 347 g/mol. The van der Waals surface area contributed by atoms with E-state index in [1.54, 1.807) is 47.4 Å². The molecule has 0 radical (unpaired) electrons. The predicted octanol–water partition coefficient (Wildman–Crippen LogP) is 0.260. The van der Waals surface area contributed by atoms with Gasteiger partial charge in [0.15, 0.2) is 0 Å². The molecule has 0 saturated heterocycles. The maximum Gasteiger partial charge on any atom is 0.278 e. The first-order valence-electron chi connectivity index (χ1n) is 7.88. The summed E-state index contributed by atoms with van der Waals surface area (Å²) in [6.45, 7) is 0.298. The van der Waals surface area contributed by atoms with E-state index in [4.69, 9.17) is 11.5 Å². The second kappa shape index (κ2) is 5.92. The van der Waals surface area contributed by atoms with Crippen molar-refractivity contribution < 1.29 is 9.36 Å². The van der Waals surface area contributed by atoms with Gasteiger partial charge in [0.2, 0.25) is 11.5 Å². The van der Waals surface area contributed by atoms with Crippen molar-refractivity contribution >= 4 is 28.4 Å². The molecule has 8 heteroatoms. The minimum Gasteiger partial charge on any atom is -0.365 e. The number of hydrogen-bond acceptors (Lipinski definition) is 5. The number of aromatic nitrogens is 4. The molecule has 0 saturated carbocycles. The molecular formula is C18H15N6O2+. The zero-order valence-electron chi connectivity index (χ0n) is 13.7. The first-order chi connectivity index (χ1) is 12.6. The Morgan fingerprint density at radius 3 is 2.81 bits per heavy atom. The third kappa shape index (κ3) is 2.44. The van der Waals surface area contributed by atoms with E-state index in [0.29, 0.717) is 17.8 Å². The highest BCUT2D eigenvalue weighted by atomic mass is 16.1. The molecule has 1 amide bonds. The van der Waals surface area contributed by atoms with Gasteiger partial charge >= 0.3 is 0 Å². The normalized spacial score (nSPS) is 11.1. The van der Waals surface area contributed by atoms with Gasteiger partial charge < -0.3 is 11.5 Å². The van der Waals surface area contributed by atoms with Crippen LogP contribution in [0, 0.1) is 0 Å². The maximum atomic E-state index is 12.9. The molecule has 8 nitrogen and oxygen atoms in total. The zero-order chi connectivity index (χ0) is 18.3. The van der Waals surface area contributed by atoms with Crippen LogP contribution in [0.2, 0.25) is 0 Å². The molecule has 4 N–H and O–H groups in total. The van der Waals surface area contributed by atoms with E-state index >= 15 is 0 Å². The lowest BCUT2D eigenvalue weighted by molar-refractivity contribution is -0.649. The van der Waals surface area contributed by atoms with Crippen LogP contribution >= 0.6 is 0 Å². The smallest absolute Gasteiger partial charge is 0.278 e. The summed E-state index contributed by atoms with van der Waals surface area (Å²) in [6.07, 6.45) is 4.96. The Labute approximate surface area is 147 Å². The van der Waals surface area contributed by atoms with Crippen LogP contribution in [0.25, 0.3) is 16.7 Å². The van der Waals surface area contributed by atoms with Gasteiger partial charge in [0, 0.05) is 24.2 Å². The number of fused-ring (bicyclic) bond motifs is 2. The van der Waals surface area contributed by atoms with Gasteiger partial charge in [-0.15, -0.1) is 0 Å². The van der Waals surface area contributed by atoms with E-state index in [-0.39, 0.29) is 22.3 Å². The average molecular weight is 347 g/mol. The first-order valence-corrected chi connectivity index (χ1v) is 7.88. The predicted molar refractivity (Wildman–Crippen MR) is 95.4 cm³/mol. The van der Waals surface area contributed by atoms with Crippen LogP contribution in [0.15, 0.2) is 59.8 Å². The molecule has 4 heterocycles. The molecule has 128 valence electrons. The number of carbonyl (C=O) groups is 1. The Morgan fingerprint density at radius 1 is 1.23 bits per heavy atom. The molecule has 4 rings (SSSR count). The number of pyridine rings is 3. The van der Waals surface area contributed by atoms with Crippen molar-refractivity contribution in [2.24, 2.45) is 5.73 Å². The van der Waals surface area contributed by atoms with Crippen LogP contribution in [0.3, 0.4) is 0 Å². The zero-order valence-corrected chi connectivity index (χ0v) is 13.7. The lowest BCUT2D eigenvalue weighted by atomic mass is 10.1. The standard InChI is InChI=1S/C18H14N6O2/c19-15-12(16(20)25)8-13-17(24(15)10-11-4-3-6-21-9-11)22-14-5-1-2-7-23(14)18(13)26/h1-9,19H,10H2,(H2,20,25)/p+1. The van der Waals surface area contributed by atoms with Gasteiger partial charge in [-0.2, -0.15) is 0 Å². The number of amides is 1. The molecule has 0 atom stereocenters. The second-order valence-electron chi connectivity index (χ2n) is 5.84. The summed E-state index contributed by atoms with van der Waals surface area (Å²) in [6, 6.07) is 10.3. The summed E-state index contributed by atoms with van der Waals surface area (Å²) in [4.78, 5) is 33.4. The number of anilines is 1. The summed E-state index contributed by atoms with van der Waals surface area (Å²) >= 11 is 0. The molecular weight excluding hydrogens is 332 g/mol. The van der Waals surface area contributed by atoms with Gasteiger partial charge in [-0.05, 0) is 24.3 Å². The van der Waals surface area contributed by atoms with Crippen molar-refractivity contribution in [1.82, 2.24) is 14.4 Å². The van der Waals surface area contributed by atoms with Gasteiger partial charge in [-0.1, -0.05) is 17.1 Å². The van der Waals surface area contributed by atoms with Gasteiger partial charge in [0.25, 0.3) is 17.1 Å². The van der Waals surface area contributed by atoms with Crippen molar-refractivity contribution in [3.8, 4) is 0 Å². The van der Waals surface area contributed by atoms with E-state index < -0.39 is 5.91 Å². The van der Waals surface area contributed by atoms with Crippen LogP contribution in [0.4, 0.5) is 5.82 Å². The number of rotatable bonds is 3. The summed E-state index contributed by atoms with van der Waals surface area (Å²) < 4.78 is 3.03. The van der Waals surface area contributed by atoms with Gasteiger partial charge in [-0.3, -0.25) is 19.0 Å². The van der Waals surface area contributed by atoms with E-state index in [9.17, 15) is 9.59 Å². The average Bonchev–Trinajstić information content (AvgIpc) is 2.65. The van der Waals surface area contributed by atoms with Gasteiger partial charge in [0.05, 0.1) is 6.54 Å². The van der Waals surface area contributed by atoms with Crippen LogP contribution < -0.4 is 21.6 Å². The highest BCUT2D eigenvalue weighted by molar-refractivity contribution is 5.99. The summed E-state index contributed by atoms with van der Waals surface area (Å²) in [7, 11) is 0. The number of hydrogen-bond donors (Lipinski definition) is 2. The van der Waals surface area contributed by atoms with Gasteiger partial charge in [-0.25, -0.2) is 4.57 Å². The second-order valence-corrected chi connectivity index (χ2v) is 5.84. The van der Waals surface area contributed by atoms with E-state index in [2.05, 4.69) is 9.97 Å². The SMILES string of the molecule is NC(=O)c1cc2c(=O)n3ccccc3nc2[n+](Cc2cccnc2)c1N. The highest BCUT2D eigenvalue weighted by Gasteiger charge is 2.23. The molecule has 0 bridgehead atoms. The maximum absolute atomic E-state index is 12.9. The fourth-order valence-electron chi connectivity index (χ4n) is 2.93. The van der Waals surface area contributed by atoms with E-state index in [1.807, 2.05) is 6.07 Å². The van der Waals surface area contributed by atoms with Crippen molar-refractivity contribution in [3.63, 3.8) is 0 Å². The molecule has 4 aromatic heterocycles. The van der Waals surface area contributed by atoms with Crippen molar-refractivity contribution in [2.75, 3.05) is 5.73 Å². The lowest BCUT2D eigenvalue weighted by Crippen LogP contribution is -2.42. The Morgan fingerprint density at radius 2 is 2.08 bits per heavy atom. The molecule has 0 unspecified atom stereocenters. The minimum atomic E-state index is -0.707. The molecule has 0 aliphatic heterocycles. The minimum absolute atomic E-state index is 0.0798. The van der Waals surface area contributed by atoms with E-state index in [0.717, 1.165) is 5.56 Å². The van der Waals surface area contributed by atoms with Crippen molar-refractivity contribution in [2.45, 2.75) is 6.54 Å². The Bertz CT molecular complexity index is 1220. The third-order valence-electron chi connectivity index (χ3n) is 4.19. The molecule has 0 aromatic carbocycles. The highest BCUT2D eigenvalue weighted by Crippen LogP contribution is 2.14. The van der Waals surface area contributed by atoms with Crippen molar-refractivity contribution in [1.29, 1.82) is 0 Å². The molecule has 0 spiro atoms. The van der Waals surface area contributed by atoms with E-state index in [1.165, 1.54) is 10.5 Å². The number of nitrogens with zero attached hydrogens (tertiary/aromatic N) is 4. The molecule has 26 heavy (non-hydrogen) atoms. The molecule has 0 fully saturated rings. The number of carbonyl (C=O) groups excluding carboxylic acids is 1. The van der Waals surface area contributed by atoms with Crippen LogP contribution in [-0.2, 0) is 6.54 Å². The number of nitrogens with two attached hydrogens (primary N) is 2. The number of primary amides is 1. The Balaban J connectivity index is 2.11. The van der Waals surface area contributed by atoms with Crippen LogP contribution in [-0.4, -0.2) is 20.3 Å². The third-order valence-corrected chi connectivity index (χ3v) is 4.19. The largest absolute Gasteiger partial charge is 0.365 e. The van der Waals surface area contributed by atoms with Crippen LogP contribution in [0.5, 0.6) is 0 Å².